The van der Waals surface area contributed by atoms with E-state index in [1.165, 1.54) is 12.1 Å². The molecule has 0 saturated carbocycles. The average molecular weight is 296 g/mol. The summed E-state index contributed by atoms with van der Waals surface area (Å²) in [4.78, 5) is 25.2. The van der Waals surface area contributed by atoms with E-state index >= 15 is 0 Å². The molecule has 3 rings (SSSR count). The van der Waals surface area contributed by atoms with Crippen molar-refractivity contribution in [3.63, 3.8) is 0 Å². The summed E-state index contributed by atoms with van der Waals surface area (Å²) in [5, 5.41) is 11.2. The quantitative estimate of drug-likeness (QED) is 0.629. The van der Waals surface area contributed by atoms with Gasteiger partial charge in [-0.05, 0) is 37.0 Å². The monoisotopic (exact) mass is 296 g/mol. The topological polar surface area (TPSA) is 63.5 Å². The fraction of sp³-hybridized carbons (Fsp3) is 0.235. The number of benzene rings is 2. The highest BCUT2D eigenvalue weighted by Crippen LogP contribution is 2.32. The van der Waals surface area contributed by atoms with Gasteiger partial charge in [-0.1, -0.05) is 30.3 Å². The Bertz CT molecular complexity index is 755. The van der Waals surface area contributed by atoms with Gasteiger partial charge in [0.05, 0.1) is 10.6 Å². The molecular weight excluding hydrogens is 280 g/mol. The molecule has 1 aliphatic heterocycles. The summed E-state index contributed by atoms with van der Waals surface area (Å²) in [6.45, 7) is 2.55. The highest BCUT2D eigenvalue weighted by atomic mass is 16.6. The van der Waals surface area contributed by atoms with Crippen molar-refractivity contribution >= 4 is 17.3 Å². The third kappa shape index (κ3) is 2.35. The van der Waals surface area contributed by atoms with E-state index in [1.807, 2.05) is 25.1 Å². The van der Waals surface area contributed by atoms with E-state index in [2.05, 4.69) is 0 Å². The van der Waals surface area contributed by atoms with E-state index < -0.39 is 4.92 Å². The maximum Gasteiger partial charge on any atom is 0.282 e. The maximum atomic E-state index is 12.9. The molecule has 0 spiro atoms. The van der Waals surface area contributed by atoms with Crippen molar-refractivity contribution < 1.29 is 9.72 Å². The summed E-state index contributed by atoms with van der Waals surface area (Å²) in [5.41, 5.74) is 3.04. The van der Waals surface area contributed by atoms with Crippen molar-refractivity contribution in [2.75, 3.05) is 11.4 Å². The van der Waals surface area contributed by atoms with E-state index in [1.54, 1.807) is 17.0 Å². The van der Waals surface area contributed by atoms with Gasteiger partial charge in [0.1, 0.15) is 5.56 Å². The molecule has 0 bridgehead atoms. The molecule has 0 unspecified atom stereocenters. The second kappa shape index (κ2) is 5.60. The van der Waals surface area contributed by atoms with Gasteiger partial charge >= 0.3 is 0 Å². The third-order valence-electron chi connectivity index (χ3n) is 4.00. The number of carbonyl (C=O) groups is 1. The lowest BCUT2D eigenvalue weighted by Gasteiger charge is -2.31. The number of para-hydroxylation sites is 2. The minimum Gasteiger partial charge on any atom is -0.308 e. The molecule has 1 aliphatic rings. The molecule has 1 amide bonds. The minimum absolute atomic E-state index is 0.142. The van der Waals surface area contributed by atoms with Crippen LogP contribution >= 0.6 is 0 Å². The number of nitro benzene ring substituents is 1. The number of hydrogen-bond acceptors (Lipinski definition) is 3. The summed E-state index contributed by atoms with van der Waals surface area (Å²) >= 11 is 0. The van der Waals surface area contributed by atoms with Gasteiger partial charge < -0.3 is 4.90 Å². The van der Waals surface area contributed by atoms with Gasteiger partial charge in [0.15, 0.2) is 0 Å². The maximum absolute atomic E-state index is 12.9. The Balaban J connectivity index is 2.07. The molecule has 5 nitrogen and oxygen atoms in total. The Morgan fingerprint density at radius 3 is 2.73 bits per heavy atom. The Kier molecular flexibility index (Phi) is 3.63. The second-order valence-corrected chi connectivity index (χ2v) is 5.42. The second-order valence-electron chi connectivity index (χ2n) is 5.42. The number of fused-ring (bicyclic) bond motifs is 1. The van der Waals surface area contributed by atoms with Gasteiger partial charge in [0, 0.05) is 12.6 Å². The lowest BCUT2D eigenvalue weighted by atomic mass is 9.97. The number of anilines is 1. The molecule has 0 aliphatic carbocycles. The SMILES string of the molecule is Cc1cccc2c1N(C(=O)c1ccccc1[N+](=O)[O-])CCC2. The van der Waals surface area contributed by atoms with Crippen molar-refractivity contribution in [3.8, 4) is 0 Å². The van der Waals surface area contributed by atoms with Gasteiger partial charge in [-0.3, -0.25) is 14.9 Å². The molecule has 112 valence electrons. The van der Waals surface area contributed by atoms with E-state index in [0.29, 0.717) is 6.54 Å². The molecule has 5 heteroatoms. The van der Waals surface area contributed by atoms with Gasteiger partial charge in [-0.15, -0.1) is 0 Å². The third-order valence-corrected chi connectivity index (χ3v) is 4.00. The van der Waals surface area contributed by atoms with E-state index in [-0.39, 0.29) is 17.2 Å². The Hall–Kier alpha value is -2.69. The van der Waals surface area contributed by atoms with Crippen LogP contribution in [-0.2, 0) is 6.42 Å². The summed E-state index contributed by atoms with van der Waals surface area (Å²) in [6.07, 6.45) is 1.79. The van der Waals surface area contributed by atoms with Crippen LogP contribution in [0.15, 0.2) is 42.5 Å². The van der Waals surface area contributed by atoms with E-state index in [4.69, 9.17) is 0 Å². The van der Waals surface area contributed by atoms with Gasteiger partial charge in [-0.25, -0.2) is 0 Å². The summed E-state index contributed by atoms with van der Waals surface area (Å²) in [7, 11) is 0. The summed E-state index contributed by atoms with van der Waals surface area (Å²) in [5.74, 6) is -0.303. The molecule has 0 saturated heterocycles. The fourth-order valence-electron chi connectivity index (χ4n) is 3.01. The molecule has 1 heterocycles. The molecule has 0 radical (unpaired) electrons. The first-order valence-electron chi connectivity index (χ1n) is 7.23. The first-order chi connectivity index (χ1) is 10.6. The van der Waals surface area contributed by atoms with Crippen LogP contribution < -0.4 is 4.90 Å². The van der Waals surface area contributed by atoms with Gasteiger partial charge in [0.25, 0.3) is 11.6 Å². The number of carbonyl (C=O) groups excluding carboxylic acids is 1. The first kappa shape index (κ1) is 14.3. The number of nitrogens with zero attached hydrogens (tertiary/aromatic N) is 2. The highest BCUT2D eigenvalue weighted by Gasteiger charge is 2.29. The zero-order chi connectivity index (χ0) is 15.7. The predicted octanol–water partition coefficient (Wildman–Crippen LogP) is 3.50. The number of aryl methyl sites for hydroxylation is 2. The normalized spacial score (nSPS) is 13.6. The zero-order valence-electron chi connectivity index (χ0n) is 12.3. The highest BCUT2D eigenvalue weighted by molar-refractivity contribution is 6.09. The van der Waals surface area contributed by atoms with Crippen LogP contribution in [0.3, 0.4) is 0 Å². The standard InChI is InChI=1S/C17H16N2O3/c1-12-6-4-7-13-8-5-11-18(16(12)13)17(20)14-9-2-3-10-15(14)19(21)22/h2-4,6-7,9-10H,5,8,11H2,1H3. The Morgan fingerprint density at radius 2 is 1.95 bits per heavy atom. The summed E-state index contributed by atoms with van der Waals surface area (Å²) in [6, 6.07) is 12.1. The molecule has 22 heavy (non-hydrogen) atoms. The van der Waals surface area contributed by atoms with E-state index in [9.17, 15) is 14.9 Å². The number of nitro groups is 1. The Morgan fingerprint density at radius 1 is 1.18 bits per heavy atom. The van der Waals surface area contributed by atoms with Crippen LogP contribution in [-0.4, -0.2) is 17.4 Å². The lowest BCUT2D eigenvalue weighted by molar-refractivity contribution is -0.385. The van der Waals surface area contributed by atoms with Crippen molar-refractivity contribution in [2.24, 2.45) is 0 Å². The predicted molar refractivity (Wildman–Crippen MR) is 84.3 cm³/mol. The molecular formula is C17H16N2O3. The molecule has 0 aromatic heterocycles. The molecule has 2 aromatic rings. The van der Waals surface area contributed by atoms with Crippen LogP contribution in [0.4, 0.5) is 11.4 Å². The molecule has 2 aromatic carbocycles. The lowest BCUT2D eigenvalue weighted by Crippen LogP contribution is -2.36. The van der Waals surface area contributed by atoms with Crippen LogP contribution in [0, 0.1) is 17.0 Å². The Labute approximate surface area is 128 Å². The van der Waals surface area contributed by atoms with Crippen LogP contribution in [0.5, 0.6) is 0 Å². The zero-order valence-corrected chi connectivity index (χ0v) is 12.3. The average Bonchev–Trinajstić information content (AvgIpc) is 2.54. The van der Waals surface area contributed by atoms with Crippen molar-refractivity contribution in [1.29, 1.82) is 0 Å². The smallest absolute Gasteiger partial charge is 0.282 e. The van der Waals surface area contributed by atoms with Crippen LogP contribution in [0.25, 0.3) is 0 Å². The van der Waals surface area contributed by atoms with Crippen LogP contribution in [0.2, 0.25) is 0 Å². The van der Waals surface area contributed by atoms with Crippen molar-refractivity contribution in [2.45, 2.75) is 19.8 Å². The first-order valence-corrected chi connectivity index (χ1v) is 7.23. The van der Waals surface area contributed by atoms with E-state index in [0.717, 1.165) is 29.7 Å². The molecule has 0 atom stereocenters. The van der Waals surface area contributed by atoms with Crippen molar-refractivity contribution in [3.05, 3.63) is 69.3 Å². The molecule has 0 N–H and O–H groups in total. The fourth-order valence-corrected chi connectivity index (χ4v) is 3.01. The largest absolute Gasteiger partial charge is 0.308 e. The number of hydrogen-bond donors (Lipinski definition) is 0. The summed E-state index contributed by atoms with van der Waals surface area (Å²) < 4.78 is 0. The van der Waals surface area contributed by atoms with Crippen LogP contribution in [0.1, 0.15) is 27.9 Å². The number of rotatable bonds is 2. The molecule has 0 fully saturated rings. The van der Waals surface area contributed by atoms with Gasteiger partial charge in [0.2, 0.25) is 0 Å². The van der Waals surface area contributed by atoms with Gasteiger partial charge in [-0.2, -0.15) is 0 Å². The van der Waals surface area contributed by atoms with Crippen molar-refractivity contribution in [1.82, 2.24) is 0 Å². The number of amides is 1. The minimum atomic E-state index is -0.504.